The molecule has 3 heteroatoms. The minimum atomic E-state index is -0.197. The van der Waals surface area contributed by atoms with Gasteiger partial charge in [-0.2, -0.15) is 0 Å². The molecule has 0 unspecified atom stereocenters. The van der Waals surface area contributed by atoms with E-state index in [1.54, 1.807) is 0 Å². The first-order valence-electron chi connectivity index (χ1n) is 9.77. The van der Waals surface area contributed by atoms with E-state index in [9.17, 15) is 9.18 Å². The highest BCUT2D eigenvalue weighted by Crippen LogP contribution is 2.36. The normalized spacial score (nSPS) is 13.8. The minimum absolute atomic E-state index is 0.0293. The van der Waals surface area contributed by atoms with Crippen LogP contribution in [0.1, 0.15) is 55.0 Å². The Morgan fingerprint density at radius 1 is 1.15 bits per heavy atom. The number of benzene rings is 2. The number of nitrogens with zero attached hydrogens (tertiary/aromatic N) is 1. The predicted molar refractivity (Wildman–Crippen MR) is 110 cm³/mol. The largest absolute Gasteiger partial charge is 0.367 e. The van der Waals surface area contributed by atoms with Crippen molar-refractivity contribution in [3.05, 3.63) is 64.0 Å². The monoisotopic (exact) mass is 367 g/mol. The number of rotatable bonds is 5. The number of hydrogen-bond acceptors (Lipinski definition) is 2. The maximum Gasteiger partial charge on any atom is 0.137 e. The highest BCUT2D eigenvalue weighted by atomic mass is 19.1. The Kier molecular flexibility index (Phi) is 5.41. The third kappa shape index (κ3) is 4.58. The van der Waals surface area contributed by atoms with Gasteiger partial charge in [-0.3, -0.25) is 4.79 Å². The van der Waals surface area contributed by atoms with Crippen LogP contribution in [0, 0.1) is 25.1 Å². The van der Waals surface area contributed by atoms with E-state index < -0.39 is 0 Å². The molecule has 1 aliphatic rings. The number of hydrogen-bond donors (Lipinski definition) is 0. The van der Waals surface area contributed by atoms with Gasteiger partial charge in [0.05, 0.1) is 0 Å². The van der Waals surface area contributed by atoms with Crippen molar-refractivity contribution in [3.8, 4) is 0 Å². The van der Waals surface area contributed by atoms with Crippen molar-refractivity contribution in [2.45, 2.75) is 60.4 Å². The van der Waals surface area contributed by atoms with E-state index in [1.807, 2.05) is 12.1 Å². The fourth-order valence-corrected chi connectivity index (χ4v) is 4.11. The van der Waals surface area contributed by atoms with Crippen LogP contribution in [0.4, 0.5) is 10.1 Å². The van der Waals surface area contributed by atoms with Gasteiger partial charge < -0.3 is 4.90 Å². The predicted octanol–water partition coefficient (Wildman–Crippen LogP) is 5.55. The molecular weight excluding hydrogens is 337 g/mol. The van der Waals surface area contributed by atoms with Gasteiger partial charge in [0.2, 0.25) is 0 Å². The van der Waals surface area contributed by atoms with Gasteiger partial charge in [0, 0.05) is 31.6 Å². The molecule has 1 aliphatic heterocycles. The zero-order valence-electron chi connectivity index (χ0n) is 17.2. The molecule has 0 spiro atoms. The van der Waals surface area contributed by atoms with Crippen molar-refractivity contribution in [2.24, 2.45) is 5.41 Å². The molecule has 2 aromatic rings. The van der Waals surface area contributed by atoms with E-state index in [4.69, 9.17) is 0 Å². The van der Waals surface area contributed by atoms with Crippen LogP contribution in [0.5, 0.6) is 0 Å². The standard InChI is InChI=1S/C24H30FNO/c1-16-12-23-21(17(2)22(16)13-20(27)14-24(3,4)5)10-11-26(23)15-18-6-8-19(25)9-7-18/h6-9,12H,10-11,13-15H2,1-5H3. The lowest BCUT2D eigenvalue weighted by Crippen LogP contribution is -2.20. The molecule has 0 aliphatic carbocycles. The van der Waals surface area contributed by atoms with Gasteiger partial charge >= 0.3 is 0 Å². The smallest absolute Gasteiger partial charge is 0.137 e. The lowest BCUT2D eigenvalue weighted by atomic mass is 9.86. The summed E-state index contributed by atoms with van der Waals surface area (Å²) in [5.41, 5.74) is 7.44. The number of halogens is 1. The van der Waals surface area contributed by atoms with Crippen LogP contribution in [-0.2, 0) is 24.2 Å². The zero-order valence-corrected chi connectivity index (χ0v) is 17.2. The maximum atomic E-state index is 13.2. The average Bonchev–Trinajstić information content (AvgIpc) is 2.95. The molecule has 1 heterocycles. The van der Waals surface area contributed by atoms with Gasteiger partial charge in [0.25, 0.3) is 0 Å². The van der Waals surface area contributed by atoms with Crippen LogP contribution < -0.4 is 4.90 Å². The van der Waals surface area contributed by atoms with Crippen LogP contribution >= 0.6 is 0 Å². The summed E-state index contributed by atoms with van der Waals surface area (Å²) in [5, 5.41) is 0. The fraction of sp³-hybridized carbons (Fsp3) is 0.458. The van der Waals surface area contributed by atoms with Crippen molar-refractivity contribution in [1.82, 2.24) is 0 Å². The first-order chi connectivity index (χ1) is 12.6. The summed E-state index contributed by atoms with van der Waals surface area (Å²) in [5.74, 6) is 0.117. The molecule has 2 aromatic carbocycles. The third-order valence-corrected chi connectivity index (χ3v) is 5.40. The summed E-state index contributed by atoms with van der Waals surface area (Å²) in [6.07, 6.45) is 2.14. The molecule has 0 N–H and O–H groups in total. The van der Waals surface area contributed by atoms with E-state index in [-0.39, 0.29) is 11.2 Å². The van der Waals surface area contributed by atoms with Crippen LogP contribution in [-0.4, -0.2) is 12.3 Å². The number of ketones is 1. The molecule has 0 saturated carbocycles. The molecule has 0 radical (unpaired) electrons. The Hall–Kier alpha value is -2.16. The number of anilines is 1. The number of Topliss-reactive ketones (excluding diaryl/α,β-unsaturated/α-hetero) is 1. The summed E-state index contributed by atoms with van der Waals surface area (Å²) in [4.78, 5) is 14.9. The van der Waals surface area contributed by atoms with Gasteiger partial charge in [-0.1, -0.05) is 32.9 Å². The SMILES string of the molecule is Cc1cc2c(c(C)c1CC(=O)CC(C)(C)C)CCN2Cc1ccc(F)cc1. The van der Waals surface area contributed by atoms with Crippen LogP contribution in [0.15, 0.2) is 30.3 Å². The van der Waals surface area contributed by atoms with E-state index in [0.717, 1.165) is 25.1 Å². The first-order valence-corrected chi connectivity index (χ1v) is 9.77. The van der Waals surface area contributed by atoms with Crippen molar-refractivity contribution < 1.29 is 9.18 Å². The highest BCUT2D eigenvalue weighted by Gasteiger charge is 2.25. The molecule has 0 aromatic heterocycles. The lowest BCUT2D eigenvalue weighted by Gasteiger charge is -2.22. The molecule has 2 nitrogen and oxygen atoms in total. The first kappa shape index (κ1) is 19.6. The van der Waals surface area contributed by atoms with Gasteiger partial charge in [-0.05, 0) is 71.7 Å². The maximum absolute atomic E-state index is 13.2. The Labute approximate surface area is 162 Å². The molecular formula is C24H30FNO. The van der Waals surface area contributed by atoms with Crippen molar-refractivity contribution in [3.63, 3.8) is 0 Å². The van der Waals surface area contributed by atoms with Crippen LogP contribution in [0.25, 0.3) is 0 Å². The van der Waals surface area contributed by atoms with Crippen molar-refractivity contribution in [1.29, 1.82) is 0 Å². The zero-order chi connectivity index (χ0) is 19.8. The Bertz CT molecular complexity index is 846. The molecule has 0 saturated heterocycles. The number of aryl methyl sites for hydroxylation is 1. The second-order valence-electron chi connectivity index (χ2n) is 9.05. The van der Waals surface area contributed by atoms with Crippen molar-refractivity contribution >= 4 is 11.5 Å². The third-order valence-electron chi connectivity index (χ3n) is 5.40. The second-order valence-corrected chi connectivity index (χ2v) is 9.05. The van der Waals surface area contributed by atoms with Crippen molar-refractivity contribution in [2.75, 3.05) is 11.4 Å². The van der Waals surface area contributed by atoms with E-state index in [1.165, 1.54) is 40.1 Å². The van der Waals surface area contributed by atoms with E-state index in [0.29, 0.717) is 18.6 Å². The molecule has 0 bridgehead atoms. The molecule has 0 amide bonds. The summed E-state index contributed by atoms with van der Waals surface area (Å²) >= 11 is 0. The Morgan fingerprint density at radius 2 is 1.81 bits per heavy atom. The molecule has 27 heavy (non-hydrogen) atoms. The second kappa shape index (κ2) is 7.46. The molecule has 0 fully saturated rings. The Morgan fingerprint density at radius 3 is 2.44 bits per heavy atom. The lowest BCUT2D eigenvalue weighted by molar-refractivity contribution is -0.120. The Balaban J connectivity index is 1.82. The molecule has 144 valence electrons. The van der Waals surface area contributed by atoms with Gasteiger partial charge in [-0.25, -0.2) is 4.39 Å². The van der Waals surface area contributed by atoms with Gasteiger partial charge in [0.15, 0.2) is 0 Å². The van der Waals surface area contributed by atoms with Crippen LogP contribution in [0.3, 0.4) is 0 Å². The summed E-state index contributed by atoms with van der Waals surface area (Å²) in [6.45, 7) is 12.4. The van der Waals surface area contributed by atoms with E-state index in [2.05, 4.69) is 45.6 Å². The van der Waals surface area contributed by atoms with Gasteiger partial charge in [-0.15, -0.1) is 0 Å². The van der Waals surface area contributed by atoms with Crippen LogP contribution in [0.2, 0.25) is 0 Å². The summed E-state index contributed by atoms with van der Waals surface area (Å²) in [6, 6.07) is 8.98. The topological polar surface area (TPSA) is 20.3 Å². The number of carbonyl (C=O) groups excluding carboxylic acids is 1. The summed E-state index contributed by atoms with van der Waals surface area (Å²) in [7, 11) is 0. The minimum Gasteiger partial charge on any atom is -0.367 e. The molecule has 3 rings (SSSR count). The average molecular weight is 368 g/mol. The quantitative estimate of drug-likeness (QED) is 0.690. The number of fused-ring (bicyclic) bond motifs is 1. The highest BCUT2D eigenvalue weighted by molar-refractivity contribution is 5.83. The molecule has 0 atom stereocenters. The fourth-order valence-electron chi connectivity index (χ4n) is 4.11. The number of carbonyl (C=O) groups is 1. The summed E-state index contributed by atoms with van der Waals surface area (Å²) < 4.78 is 13.2. The van der Waals surface area contributed by atoms with Gasteiger partial charge in [0.1, 0.15) is 11.6 Å². The van der Waals surface area contributed by atoms with E-state index >= 15 is 0 Å².